The van der Waals surface area contributed by atoms with E-state index < -0.39 is 15.4 Å². The van der Waals surface area contributed by atoms with E-state index in [9.17, 15) is 18.3 Å². The van der Waals surface area contributed by atoms with Gasteiger partial charge in [-0.05, 0) is 49.1 Å². The van der Waals surface area contributed by atoms with Crippen LogP contribution in [0.1, 0.15) is 58.2 Å². The van der Waals surface area contributed by atoms with Gasteiger partial charge in [0, 0.05) is 18.2 Å². The summed E-state index contributed by atoms with van der Waals surface area (Å²) in [6, 6.07) is 5.02. The van der Waals surface area contributed by atoms with Gasteiger partial charge >= 0.3 is 0 Å². The van der Waals surface area contributed by atoms with Crippen LogP contribution in [0.15, 0.2) is 33.3 Å². The van der Waals surface area contributed by atoms with Crippen molar-refractivity contribution in [1.82, 2.24) is 9.78 Å². The van der Waals surface area contributed by atoms with Gasteiger partial charge in [-0.2, -0.15) is 5.10 Å². The molecule has 2 heterocycles. The van der Waals surface area contributed by atoms with E-state index in [0.29, 0.717) is 29.5 Å². The number of aromatic nitrogens is 2. The van der Waals surface area contributed by atoms with Crippen molar-refractivity contribution in [1.29, 1.82) is 0 Å². The molecule has 0 amide bonds. The fourth-order valence-electron chi connectivity index (χ4n) is 3.43. The zero-order valence-electron chi connectivity index (χ0n) is 19.8. The SMILES string of the molecule is C/C=S(\C)Nc1ccc2c(c1)S(=O)(=O)C=C(c1c(O)c(C(C)C)nn(CCC(C)C)c1=O)N2. The number of rotatable bonds is 7. The largest absolute Gasteiger partial charge is 0.505 e. The number of aromatic hydroxyl groups is 1. The van der Waals surface area contributed by atoms with E-state index in [4.69, 9.17) is 0 Å². The number of aryl methyl sites for hydroxylation is 1. The van der Waals surface area contributed by atoms with Crippen molar-refractivity contribution in [3.8, 4) is 5.75 Å². The summed E-state index contributed by atoms with van der Waals surface area (Å²) in [5.74, 6) is -0.0938. The summed E-state index contributed by atoms with van der Waals surface area (Å²) in [6.07, 6.45) is 2.72. The first-order valence-corrected chi connectivity index (χ1v) is 14.1. The monoisotopic (exact) mass is 492 g/mol. The van der Waals surface area contributed by atoms with E-state index in [1.54, 1.807) is 18.2 Å². The maximum absolute atomic E-state index is 13.3. The Labute approximate surface area is 197 Å². The highest BCUT2D eigenvalue weighted by Gasteiger charge is 2.29. The minimum absolute atomic E-state index is 0.0467. The van der Waals surface area contributed by atoms with Gasteiger partial charge < -0.3 is 15.1 Å². The lowest BCUT2D eigenvalue weighted by atomic mass is 10.0. The lowest BCUT2D eigenvalue weighted by Crippen LogP contribution is -2.30. The molecule has 1 aromatic carbocycles. The van der Waals surface area contributed by atoms with E-state index in [2.05, 4.69) is 15.1 Å². The Morgan fingerprint density at radius 3 is 2.58 bits per heavy atom. The molecule has 0 aliphatic carbocycles. The van der Waals surface area contributed by atoms with Crippen molar-refractivity contribution in [3.63, 3.8) is 0 Å². The van der Waals surface area contributed by atoms with Crippen LogP contribution in [0.2, 0.25) is 0 Å². The minimum Gasteiger partial charge on any atom is -0.505 e. The van der Waals surface area contributed by atoms with Gasteiger partial charge in [-0.25, -0.2) is 13.1 Å². The molecular formula is C23H32N4O4S2. The van der Waals surface area contributed by atoms with E-state index in [0.717, 1.165) is 11.8 Å². The van der Waals surface area contributed by atoms with Crippen LogP contribution < -0.4 is 15.6 Å². The molecule has 0 spiro atoms. The molecule has 1 unspecified atom stereocenters. The maximum atomic E-state index is 13.3. The molecule has 1 aliphatic heterocycles. The van der Waals surface area contributed by atoms with Gasteiger partial charge in [-0.15, -0.1) is 10.7 Å². The summed E-state index contributed by atoms with van der Waals surface area (Å²) < 4.78 is 30.9. The van der Waals surface area contributed by atoms with Crippen LogP contribution >= 0.6 is 10.7 Å². The molecule has 0 fully saturated rings. The fraction of sp³-hybridized carbons (Fsp3) is 0.435. The Kier molecular flexibility index (Phi) is 7.38. The zero-order chi connectivity index (χ0) is 24.5. The zero-order valence-corrected chi connectivity index (χ0v) is 21.5. The predicted octanol–water partition coefficient (Wildman–Crippen LogP) is 4.36. The summed E-state index contributed by atoms with van der Waals surface area (Å²) in [5.41, 5.74) is 0.830. The van der Waals surface area contributed by atoms with Gasteiger partial charge in [0.15, 0.2) is 5.75 Å². The molecule has 8 nitrogen and oxygen atoms in total. The number of hydrogen-bond donors (Lipinski definition) is 3. The highest BCUT2D eigenvalue weighted by atomic mass is 32.2. The molecule has 0 saturated heterocycles. The molecule has 1 atom stereocenters. The minimum atomic E-state index is -3.86. The molecule has 0 saturated carbocycles. The highest BCUT2D eigenvalue weighted by molar-refractivity contribution is 8.15. The van der Waals surface area contributed by atoms with E-state index in [1.165, 1.54) is 4.68 Å². The summed E-state index contributed by atoms with van der Waals surface area (Å²) in [5, 5.41) is 21.3. The van der Waals surface area contributed by atoms with Crippen LogP contribution in [-0.4, -0.2) is 34.9 Å². The molecule has 1 aliphatic rings. The molecule has 180 valence electrons. The van der Waals surface area contributed by atoms with Crippen molar-refractivity contribution < 1.29 is 13.5 Å². The molecule has 1 aromatic heterocycles. The standard InChI is InChI=1S/C23H32N4O4S2/c1-7-32(6)26-16-8-9-17-19(12-16)33(30,31)13-18(24-17)20-22(28)21(15(4)5)25-27(23(20)29)11-10-14(2)3/h7-9,12-15,24,26,28H,10-11H2,1-6H3. The number of fused-ring (bicyclic) bond motifs is 1. The van der Waals surface area contributed by atoms with Crippen LogP contribution in [0, 0.1) is 5.92 Å². The first kappa shape index (κ1) is 25.0. The quantitative estimate of drug-likeness (QED) is 0.492. The van der Waals surface area contributed by atoms with Crippen molar-refractivity contribution in [2.45, 2.75) is 58.4 Å². The van der Waals surface area contributed by atoms with Crippen molar-refractivity contribution >= 4 is 42.9 Å². The van der Waals surface area contributed by atoms with Gasteiger partial charge in [0.05, 0.1) is 21.7 Å². The lowest BCUT2D eigenvalue weighted by molar-refractivity contribution is 0.423. The van der Waals surface area contributed by atoms with E-state index in [-0.39, 0.29) is 38.5 Å². The topological polar surface area (TPSA) is 113 Å². The third-order valence-electron chi connectivity index (χ3n) is 5.35. The number of anilines is 2. The van der Waals surface area contributed by atoms with Crippen LogP contribution in [0.3, 0.4) is 0 Å². The number of hydrogen-bond acceptors (Lipinski definition) is 7. The fourth-order valence-corrected chi connectivity index (χ4v) is 5.38. The third kappa shape index (κ3) is 5.33. The second kappa shape index (κ2) is 9.72. The normalized spacial score (nSPS) is 15.8. The molecule has 0 bridgehead atoms. The number of nitrogens with one attached hydrogen (secondary N) is 2. The van der Waals surface area contributed by atoms with Gasteiger partial charge in [-0.3, -0.25) is 4.79 Å². The Morgan fingerprint density at radius 2 is 1.97 bits per heavy atom. The third-order valence-corrected chi connectivity index (χ3v) is 8.12. The number of benzene rings is 1. The lowest BCUT2D eigenvalue weighted by Gasteiger charge is -2.22. The average Bonchev–Trinajstić information content (AvgIpc) is 2.72. The van der Waals surface area contributed by atoms with Crippen molar-refractivity contribution in [3.05, 3.63) is 45.2 Å². The smallest absolute Gasteiger partial charge is 0.279 e. The van der Waals surface area contributed by atoms with E-state index >= 15 is 0 Å². The van der Waals surface area contributed by atoms with Gasteiger partial charge in [0.2, 0.25) is 9.84 Å². The van der Waals surface area contributed by atoms with Crippen LogP contribution in [0.4, 0.5) is 11.4 Å². The first-order chi connectivity index (χ1) is 15.4. The van der Waals surface area contributed by atoms with Crippen LogP contribution in [-0.2, 0) is 16.4 Å². The van der Waals surface area contributed by atoms with Gasteiger partial charge in [-0.1, -0.05) is 27.7 Å². The Balaban J connectivity index is 2.14. The second-order valence-corrected chi connectivity index (χ2v) is 12.3. The number of nitrogens with zero attached hydrogens (tertiary/aromatic N) is 2. The van der Waals surface area contributed by atoms with Gasteiger partial charge in [0.1, 0.15) is 11.3 Å². The van der Waals surface area contributed by atoms with Crippen molar-refractivity contribution in [2.75, 3.05) is 16.3 Å². The van der Waals surface area contributed by atoms with Crippen LogP contribution in [0.25, 0.3) is 5.70 Å². The Hall–Kier alpha value is -2.59. The molecule has 3 N–H and O–H groups in total. The molecular weight excluding hydrogens is 460 g/mol. The van der Waals surface area contributed by atoms with Crippen LogP contribution in [0.5, 0.6) is 5.75 Å². The maximum Gasteiger partial charge on any atom is 0.279 e. The molecule has 0 radical (unpaired) electrons. The Bertz CT molecular complexity index is 1290. The van der Waals surface area contributed by atoms with Gasteiger partial charge in [0.25, 0.3) is 5.56 Å². The number of sulfone groups is 1. The van der Waals surface area contributed by atoms with Crippen molar-refractivity contribution in [2.24, 2.45) is 5.92 Å². The molecule has 3 rings (SSSR count). The highest BCUT2D eigenvalue weighted by Crippen LogP contribution is 2.38. The summed E-state index contributed by atoms with van der Waals surface area (Å²) >= 11 is 0. The second-order valence-electron chi connectivity index (χ2n) is 8.78. The first-order valence-electron chi connectivity index (χ1n) is 10.9. The molecule has 33 heavy (non-hydrogen) atoms. The average molecular weight is 493 g/mol. The Morgan fingerprint density at radius 1 is 1.27 bits per heavy atom. The molecule has 2 aromatic rings. The summed E-state index contributed by atoms with van der Waals surface area (Å²) in [4.78, 5) is 13.4. The summed E-state index contributed by atoms with van der Waals surface area (Å²) in [7, 11) is -4.06. The predicted molar refractivity (Wildman–Crippen MR) is 138 cm³/mol. The molecule has 10 heteroatoms. The van der Waals surface area contributed by atoms with E-state index in [1.807, 2.05) is 46.2 Å². The summed E-state index contributed by atoms with van der Waals surface area (Å²) in [6.45, 7) is 10.1.